The van der Waals surface area contributed by atoms with Gasteiger partial charge < -0.3 is 32.5 Å². The molecule has 4 aromatic rings. The van der Waals surface area contributed by atoms with Gasteiger partial charge in [-0.25, -0.2) is 9.97 Å². The highest BCUT2D eigenvalue weighted by atomic mass is 15.1. The number of anilines is 4. The predicted octanol–water partition coefficient (Wildman–Crippen LogP) is -0.506. The Hall–Kier alpha value is -3.70. The van der Waals surface area contributed by atoms with Gasteiger partial charge in [-0.3, -0.25) is 0 Å². The number of hydrogen-bond donors (Lipinski definition) is 6. The van der Waals surface area contributed by atoms with Crippen LogP contribution in [0.15, 0.2) is 12.7 Å². The Morgan fingerprint density at radius 2 is 1.39 bits per heavy atom. The van der Waals surface area contributed by atoms with Crippen molar-refractivity contribution < 1.29 is 0 Å². The van der Waals surface area contributed by atoms with Gasteiger partial charge in [-0.1, -0.05) is 0 Å². The van der Waals surface area contributed by atoms with Crippen LogP contribution in [0.1, 0.15) is 0 Å². The second-order valence-corrected chi connectivity index (χ2v) is 4.35. The summed E-state index contributed by atoms with van der Waals surface area (Å²) in [6.07, 6.45) is 3.03. The summed E-state index contributed by atoms with van der Waals surface area (Å²) in [5.74, 6) is 1.35. The lowest BCUT2D eigenvalue weighted by atomic mass is 10.5. The maximum atomic E-state index is 5.61. The van der Waals surface area contributed by atoms with Gasteiger partial charge in [-0.15, -0.1) is 0 Å². The van der Waals surface area contributed by atoms with E-state index in [1.165, 1.54) is 12.7 Å². The Balaban J connectivity index is 0.000000136. The number of nitrogens with one attached hydrogen (secondary N) is 3. The first kappa shape index (κ1) is 14.2. The number of nitrogen functional groups attached to an aromatic ring is 3. The standard InChI is InChI=1S/C6H8N6.C5H6N6/c1-8-6-11-4(7)3-5(12-6)10-2-9-3;6-3-2-4(9-1-8-2)11-5(7)10-3/h2H,1H3,(H4,7,8,9,10,11,12);1H,(H5,6,7,8,9,10,11). The number of fused-ring (bicyclic) bond motifs is 2. The molecule has 9 N–H and O–H groups in total. The Morgan fingerprint density at radius 3 is 2.00 bits per heavy atom. The van der Waals surface area contributed by atoms with Crippen LogP contribution in [0, 0.1) is 0 Å². The molecule has 4 rings (SSSR count). The zero-order valence-electron chi connectivity index (χ0n) is 12.1. The maximum Gasteiger partial charge on any atom is 0.226 e. The van der Waals surface area contributed by atoms with Crippen molar-refractivity contribution in [2.24, 2.45) is 0 Å². The maximum absolute atomic E-state index is 5.61. The van der Waals surface area contributed by atoms with Crippen LogP contribution in [0.25, 0.3) is 22.3 Å². The van der Waals surface area contributed by atoms with Crippen molar-refractivity contribution >= 4 is 45.9 Å². The van der Waals surface area contributed by atoms with Crippen molar-refractivity contribution in [1.82, 2.24) is 39.9 Å². The van der Waals surface area contributed by atoms with E-state index >= 15 is 0 Å². The SMILES string of the molecule is CNc1nc(N)c2[nH]cnc2n1.Nc1nc(N)c2[nH]cnc2n1. The van der Waals surface area contributed by atoms with Crippen LogP contribution in [0.5, 0.6) is 0 Å². The Kier molecular flexibility index (Phi) is 3.46. The highest BCUT2D eigenvalue weighted by molar-refractivity contribution is 5.82. The number of imidazole rings is 2. The van der Waals surface area contributed by atoms with Crippen molar-refractivity contribution in [3.05, 3.63) is 12.7 Å². The van der Waals surface area contributed by atoms with E-state index in [-0.39, 0.29) is 5.95 Å². The molecule has 0 spiro atoms. The van der Waals surface area contributed by atoms with Gasteiger partial charge in [0, 0.05) is 7.05 Å². The van der Waals surface area contributed by atoms with Gasteiger partial charge in [0.1, 0.15) is 11.0 Å². The van der Waals surface area contributed by atoms with Crippen LogP contribution < -0.4 is 22.5 Å². The number of rotatable bonds is 1. The minimum Gasteiger partial charge on any atom is -0.382 e. The highest BCUT2D eigenvalue weighted by Gasteiger charge is 2.05. The van der Waals surface area contributed by atoms with Gasteiger partial charge in [-0.2, -0.15) is 19.9 Å². The van der Waals surface area contributed by atoms with Gasteiger partial charge >= 0.3 is 0 Å². The second-order valence-electron chi connectivity index (χ2n) is 4.35. The van der Waals surface area contributed by atoms with Crippen LogP contribution in [-0.2, 0) is 0 Å². The smallest absolute Gasteiger partial charge is 0.226 e. The lowest BCUT2D eigenvalue weighted by Gasteiger charge is -1.98. The molecule has 23 heavy (non-hydrogen) atoms. The summed E-state index contributed by atoms with van der Waals surface area (Å²) in [6.45, 7) is 0. The topological polar surface area (TPSA) is 199 Å². The molecule has 0 fully saturated rings. The molecule has 0 bridgehead atoms. The van der Waals surface area contributed by atoms with Crippen molar-refractivity contribution in [3.8, 4) is 0 Å². The molecule has 12 heteroatoms. The van der Waals surface area contributed by atoms with E-state index in [1.54, 1.807) is 7.05 Å². The first-order chi connectivity index (χ1) is 11.1. The van der Waals surface area contributed by atoms with Crippen LogP contribution in [-0.4, -0.2) is 46.9 Å². The second kappa shape index (κ2) is 5.59. The highest BCUT2D eigenvalue weighted by Crippen LogP contribution is 2.14. The van der Waals surface area contributed by atoms with E-state index in [2.05, 4.69) is 45.2 Å². The molecule has 0 aliphatic rings. The monoisotopic (exact) mass is 314 g/mol. The molecule has 0 aliphatic carbocycles. The summed E-state index contributed by atoms with van der Waals surface area (Å²) in [6, 6.07) is 0. The van der Waals surface area contributed by atoms with Crippen molar-refractivity contribution in [3.63, 3.8) is 0 Å². The molecular weight excluding hydrogens is 300 g/mol. The van der Waals surface area contributed by atoms with E-state index in [0.29, 0.717) is 39.9 Å². The number of aromatic nitrogens is 8. The average Bonchev–Trinajstić information content (AvgIpc) is 3.16. The van der Waals surface area contributed by atoms with Crippen LogP contribution in [0.4, 0.5) is 23.5 Å². The third-order valence-corrected chi connectivity index (χ3v) is 2.87. The Bertz CT molecular complexity index is 954. The minimum atomic E-state index is 0.141. The molecule has 0 aromatic carbocycles. The quantitative estimate of drug-likeness (QED) is 0.266. The van der Waals surface area contributed by atoms with Crippen molar-refractivity contribution in [2.75, 3.05) is 29.6 Å². The average molecular weight is 314 g/mol. The van der Waals surface area contributed by atoms with Gasteiger partial charge in [0.05, 0.1) is 12.7 Å². The Labute approximate surface area is 129 Å². The minimum absolute atomic E-state index is 0.141. The van der Waals surface area contributed by atoms with E-state index in [0.717, 1.165) is 0 Å². The molecular formula is C11H14N12. The van der Waals surface area contributed by atoms with Crippen LogP contribution in [0.3, 0.4) is 0 Å². The van der Waals surface area contributed by atoms with Gasteiger partial charge in [0.2, 0.25) is 11.9 Å². The van der Waals surface area contributed by atoms with Crippen LogP contribution in [0.2, 0.25) is 0 Å². The molecule has 4 aromatic heterocycles. The molecule has 4 heterocycles. The van der Waals surface area contributed by atoms with E-state index < -0.39 is 0 Å². The van der Waals surface area contributed by atoms with E-state index in [9.17, 15) is 0 Å². The molecule has 0 aliphatic heterocycles. The third-order valence-electron chi connectivity index (χ3n) is 2.87. The number of nitrogens with zero attached hydrogens (tertiary/aromatic N) is 6. The molecule has 0 atom stereocenters. The molecule has 0 saturated heterocycles. The molecule has 0 amide bonds. The summed E-state index contributed by atoms with van der Waals surface area (Å²) in [4.78, 5) is 29.1. The fourth-order valence-corrected chi connectivity index (χ4v) is 1.84. The lowest BCUT2D eigenvalue weighted by molar-refractivity contribution is 1.18. The first-order valence-electron chi connectivity index (χ1n) is 6.45. The number of aromatic amines is 2. The van der Waals surface area contributed by atoms with E-state index in [1.807, 2.05) is 0 Å². The van der Waals surface area contributed by atoms with Gasteiger partial charge in [-0.05, 0) is 0 Å². The zero-order chi connectivity index (χ0) is 16.4. The van der Waals surface area contributed by atoms with Gasteiger partial charge in [0.15, 0.2) is 22.9 Å². The van der Waals surface area contributed by atoms with Crippen molar-refractivity contribution in [1.29, 1.82) is 0 Å². The Morgan fingerprint density at radius 1 is 0.826 bits per heavy atom. The number of nitrogens with two attached hydrogens (primary N) is 3. The van der Waals surface area contributed by atoms with Crippen molar-refractivity contribution in [2.45, 2.75) is 0 Å². The van der Waals surface area contributed by atoms with Crippen LogP contribution >= 0.6 is 0 Å². The molecule has 118 valence electrons. The first-order valence-corrected chi connectivity index (χ1v) is 6.45. The molecule has 0 radical (unpaired) electrons. The molecule has 0 saturated carbocycles. The number of hydrogen-bond acceptors (Lipinski definition) is 10. The molecule has 0 unspecified atom stereocenters. The largest absolute Gasteiger partial charge is 0.382 e. The summed E-state index contributed by atoms with van der Waals surface area (Å²) >= 11 is 0. The normalized spacial score (nSPS) is 10.5. The number of H-pyrrole nitrogens is 2. The van der Waals surface area contributed by atoms with E-state index in [4.69, 9.17) is 17.2 Å². The fourth-order valence-electron chi connectivity index (χ4n) is 1.84. The summed E-state index contributed by atoms with van der Waals surface area (Å²) in [5, 5.41) is 2.79. The fraction of sp³-hybridized carbons (Fsp3) is 0.0909. The van der Waals surface area contributed by atoms with Gasteiger partial charge in [0.25, 0.3) is 0 Å². The summed E-state index contributed by atoms with van der Waals surface area (Å²) in [5.41, 5.74) is 18.8. The predicted molar refractivity (Wildman–Crippen MR) is 86.2 cm³/mol. The zero-order valence-corrected chi connectivity index (χ0v) is 12.1. The summed E-state index contributed by atoms with van der Waals surface area (Å²) in [7, 11) is 1.73. The molecule has 12 nitrogen and oxygen atoms in total. The third kappa shape index (κ3) is 2.72. The summed E-state index contributed by atoms with van der Waals surface area (Å²) < 4.78 is 0. The lowest BCUT2D eigenvalue weighted by Crippen LogP contribution is -2.00.